The molecule has 29 heavy (non-hydrogen) atoms. The summed E-state index contributed by atoms with van der Waals surface area (Å²) in [5.41, 5.74) is 0. The van der Waals surface area contributed by atoms with E-state index in [9.17, 15) is 9.59 Å². The molecule has 2 fully saturated rings. The van der Waals surface area contributed by atoms with Crippen LogP contribution in [0, 0.1) is 0 Å². The van der Waals surface area contributed by atoms with Gasteiger partial charge in [-0.15, -0.1) is 24.0 Å². The average Bonchev–Trinajstić information content (AvgIpc) is 2.71. The van der Waals surface area contributed by atoms with Gasteiger partial charge < -0.3 is 24.8 Å². The number of morpholine rings is 1. The number of aliphatic imine (C=N–C) groups is 1. The third kappa shape index (κ3) is 8.63. The predicted molar refractivity (Wildman–Crippen MR) is 125 cm³/mol. The van der Waals surface area contributed by atoms with Crippen LogP contribution in [0.1, 0.15) is 20.3 Å². The van der Waals surface area contributed by atoms with Crippen LogP contribution in [0.5, 0.6) is 0 Å². The molecular formula is C19H37IN6O3. The summed E-state index contributed by atoms with van der Waals surface area (Å²) in [6.07, 6.45) is 0.981. The highest BCUT2D eigenvalue weighted by atomic mass is 127. The van der Waals surface area contributed by atoms with Crippen molar-refractivity contribution in [2.75, 3.05) is 79.7 Å². The zero-order valence-corrected chi connectivity index (χ0v) is 20.6. The number of carbonyl (C=O) groups is 2. The molecule has 0 bridgehead atoms. The summed E-state index contributed by atoms with van der Waals surface area (Å²) in [7, 11) is 3.48. The number of rotatable bonds is 6. The maximum Gasteiger partial charge on any atom is 0.243 e. The van der Waals surface area contributed by atoms with Crippen LogP contribution in [0.15, 0.2) is 4.99 Å². The molecule has 0 aliphatic carbocycles. The van der Waals surface area contributed by atoms with E-state index in [0.29, 0.717) is 32.8 Å². The Balaban J connectivity index is 0.00000420. The lowest BCUT2D eigenvalue weighted by atomic mass is 10.2. The summed E-state index contributed by atoms with van der Waals surface area (Å²) >= 11 is 0. The van der Waals surface area contributed by atoms with E-state index in [4.69, 9.17) is 4.74 Å². The van der Waals surface area contributed by atoms with E-state index in [-0.39, 0.29) is 48.4 Å². The lowest BCUT2D eigenvalue weighted by Gasteiger charge is -2.38. The highest BCUT2D eigenvalue weighted by Crippen LogP contribution is 2.06. The van der Waals surface area contributed by atoms with Gasteiger partial charge in [-0.1, -0.05) is 6.92 Å². The number of ether oxygens (including phenoxy) is 1. The second kappa shape index (κ2) is 13.2. The topological polar surface area (TPSA) is 80.7 Å². The van der Waals surface area contributed by atoms with Gasteiger partial charge in [-0.2, -0.15) is 0 Å². The molecule has 2 amide bonds. The summed E-state index contributed by atoms with van der Waals surface area (Å²) in [5, 5.41) is 3.44. The largest absolute Gasteiger partial charge is 0.378 e. The number of likely N-dealkylation sites (N-methyl/N-ethyl adjacent to an activating group) is 1. The molecule has 0 aromatic heterocycles. The smallest absolute Gasteiger partial charge is 0.243 e. The van der Waals surface area contributed by atoms with Gasteiger partial charge in [-0.3, -0.25) is 14.5 Å². The third-order valence-corrected chi connectivity index (χ3v) is 5.25. The minimum atomic E-state index is -0.0156. The fraction of sp³-hybridized carbons (Fsp3) is 0.842. The van der Waals surface area contributed by atoms with Crippen molar-refractivity contribution in [2.45, 2.75) is 26.3 Å². The molecule has 2 aliphatic rings. The first-order valence-corrected chi connectivity index (χ1v) is 10.2. The molecule has 168 valence electrons. The molecule has 9 nitrogen and oxygen atoms in total. The van der Waals surface area contributed by atoms with Crippen LogP contribution < -0.4 is 5.32 Å². The SMILES string of the molecule is CCC(C)NC(=NCC(=O)N(C)C)N1CCN(CC(=O)N2CCOCC2)CC1.I. The van der Waals surface area contributed by atoms with E-state index in [2.05, 4.69) is 34.0 Å². The van der Waals surface area contributed by atoms with Crippen LogP contribution >= 0.6 is 24.0 Å². The Labute approximate surface area is 191 Å². The van der Waals surface area contributed by atoms with Crippen LogP contribution in [0.4, 0.5) is 0 Å². The maximum atomic E-state index is 12.4. The number of nitrogens with zero attached hydrogens (tertiary/aromatic N) is 5. The average molecular weight is 524 g/mol. The molecule has 0 radical (unpaired) electrons. The lowest BCUT2D eigenvalue weighted by molar-refractivity contribution is -0.136. The van der Waals surface area contributed by atoms with E-state index < -0.39 is 0 Å². The number of nitrogens with one attached hydrogen (secondary N) is 1. The van der Waals surface area contributed by atoms with Gasteiger partial charge in [0, 0.05) is 59.4 Å². The van der Waals surface area contributed by atoms with Gasteiger partial charge >= 0.3 is 0 Å². The van der Waals surface area contributed by atoms with Crippen molar-refractivity contribution in [2.24, 2.45) is 4.99 Å². The van der Waals surface area contributed by atoms with Crippen molar-refractivity contribution >= 4 is 41.8 Å². The molecule has 2 rings (SSSR count). The van der Waals surface area contributed by atoms with Gasteiger partial charge in [0.1, 0.15) is 6.54 Å². The van der Waals surface area contributed by atoms with E-state index in [0.717, 1.165) is 38.6 Å². The Morgan fingerprint density at radius 1 is 1.07 bits per heavy atom. The monoisotopic (exact) mass is 524 g/mol. The van der Waals surface area contributed by atoms with Crippen molar-refractivity contribution in [1.82, 2.24) is 24.9 Å². The van der Waals surface area contributed by atoms with Gasteiger partial charge in [0.15, 0.2) is 5.96 Å². The molecule has 2 aliphatic heterocycles. The summed E-state index contributed by atoms with van der Waals surface area (Å²) in [4.78, 5) is 36.7. The van der Waals surface area contributed by atoms with E-state index in [1.54, 1.807) is 19.0 Å². The van der Waals surface area contributed by atoms with Crippen molar-refractivity contribution in [3.63, 3.8) is 0 Å². The number of carbonyl (C=O) groups excluding carboxylic acids is 2. The van der Waals surface area contributed by atoms with Crippen molar-refractivity contribution in [1.29, 1.82) is 0 Å². The molecule has 0 saturated carbocycles. The van der Waals surface area contributed by atoms with Crippen molar-refractivity contribution in [3.8, 4) is 0 Å². The molecule has 1 unspecified atom stereocenters. The molecule has 0 spiro atoms. The number of halogens is 1. The minimum absolute atomic E-state index is 0. The van der Waals surface area contributed by atoms with Gasteiger partial charge in [-0.25, -0.2) is 4.99 Å². The quantitative estimate of drug-likeness (QED) is 0.298. The zero-order chi connectivity index (χ0) is 20.5. The van der Waals surface area contributed by atoms with Gasteiger partial charge in [0.2, 0.25) is 11.8 Å². The van der Waals surface area contributed by atoms with Crippen LogP contribution in [0.2, 0.25) is 0 Å². The number of piperazine rings is 1. The molecule has 1 atom stereocenters. The molecule has 0 aromatic carbocycles. The second-order valence-electron chi connectivity index (χ2n) is 7.64. The van der Waals surface area contributed by atoms with E-state index in [1.165, 1.54) is 0 Å². The number of hydrogen-bond acceptors (Lipinski definition) is 5. The summed E-state index contributed by atoms with van der Waals surface area (Å²) in [6, 6.07) is 0.286. The van der Waals surface area contributed by atoms with Crippen molar-refractivity contribution in [3.05, 3.63) is 0 Å². The molecule has 0 aromatic rings. The Kier molecular flexibility index (Phi) is 11.8. The summed E-state index contributed by atoms with van der Waals surface area (Å²) in [5.74, 6) is 0.946. The van der Waals surface area contributed by atoms with Crippen LogP contribution in [0.3, 0.4) is 0 Å². The minimum Gasteiger partial charge on any atom is -0.378 e. The Morgan fingerprint density at radius 2 is 1.69 bits per heavy atom. The Bertz CT molecular complexity index is 546. The molecule has 2 saturated heterocycles. The molecule has 10 heteroatoms. The number of hydrogen-bond donors (Lipinski definition) is 1. The summed E-state index contributed by atoms with van der Waals surface area (Å²) in [6.45, 7) is 10.7. The molecule has 1 N–H and O–H groups in total. The fourth-order valence-electron chi connectivity index (χ4n) is 3.07. The van der Waals surface area contributed by atoms with Gasteiger partial charge in [0.05, 0.1) is 19.8 Å². The molecular weight excluding hydrogens is 487 g/mol. The lowest BCUT2D eigenvalue weighted by Crippen LogP contribution is -2.56. The number of guanidine groups is 1. The van der Waals surface area contributed by atoms with Crippen LogP contribution in [0.25, 0.3) is 0 Å². The first-order chi connectivity index (χ1) is 13.4. The maximum absolute atomic E-state index is 12.4. The fourth-order valence-corrected chi connectivity index (χ4v) is 3.07. The Hall–Kier alpha value is -1.14. The highest BCUT2D eigenvalue weighted by Gasteiger charge is 2.24. The third-order valence-electron chi connectivity index (χ3n) is 5.25. The first-order valence-electron chi connectivity index (χ1n) is 10.2. The predicted octanol–water partition coefficient (Wildman–Crippen LogP) is -0.0869. The van der Waals surface area contributed by atoms with Gasteiger partial charge in [0.25, 0.3) is 0 Å². The van der Waals surface area contributed by atoms with Crippen LogP contribution in [-0.2, 0) is 14.3 Å². The zero-order valence-electron chi connectivity index (χ0n) is 18.2. The van der Waals surface area contributed by atoms with E-state index in [1.807, 2.05) is 4.90 Å². The number of amides is 2. The molecule has 2 heterocycles. The summed E-state index contributed by atoms with van der Waals surface area (Å²) < 4.78 is 5.31. The Morgan fingerprint density at radius 3 is 2.24 bits per heavy atom. The van der Waals surface area contributed by atoms with E-state index >= 15 is 0 Å². The second-order valence-corrected chi connectivity index (χ2v) is 7.64. The van der Waals surface area contributed by atoms with Crippen LogP contribution in [-0.4, -0.2) is 123 Å². The highest BCUT2D eigenvalue weighted by molar-refractivity contribution is 14.0. The standard InChI is InChI=1S/C19H36N6O3.HI/c1-5-16(2)21-19(20-14-17(26)22(3)4)25-8-6-23(7-9-25)15-18(27)24-10-12-28-13-11-24;/h16H,5-15H2,1-4H3,(H,20,21);1H. The normalized spacial score (nSPS) is 19.4. The van der Waals surface area contributed by atoms with Gasteiger partial charge in [-0.05, 0) is 13.3 Å². The van der Waals surface area contributed by atoms with Crippen molar-refractivity contribution < 1.29 is 14.3 Å². The first kappa shape index (κ1) is 25.9.